The molecule has 2 atom stereocenters. The van der Waals surface area contributed by atoms with Gasteiger partial charge in [-0.15, -0.1) is 36.2 Å². The number of amides is 1. The first-order chi connectivity index (χ1) is 9.16. The summed E-state index contributed by atoms with van der Waals surface area (Å²) in [6, 6.07) is 0.779. The van der Waals surface area contributed by atoms with E-state index in [4.69, 9.17) is 0 Å². The van der Waals surface area contributed by atoms with E-state index in [2.05, 4.69) is 29.0 Å². The monoisotopic (exact) mass is 351 g/mol. The fourth-order valence-electron chi connectivity index (χ4n) is 3.10. The van der Waals surface area contributed by atoms with Crippen molar-refractivity contribution in [3.05, 3.63) is 16.1 Å². The molecular formula is C14H23Cl2N3OS. The molecule has 2 saturated heterocycles. The van der Waals surface area contributed by atoms with Crippen molar-refractivity contribution in [2.45, 2.75) is 51.1 Å². The molecule has 2 fully saturated rings. The Balaban J connectivity index is 0.00000110. The van der Waals surface area contributed by atoms with Gasteiger partial charge >= 0.3 is 0 Å². The lowest BCUT2D eigenvalue weighted by Gasteiger charge is -2.27. The Morgan fingerprint density at radius 2 is 2.05 bits per heavy atom. The van der Waals surface area contributed by atoms with Gasteiger partial charge in [0, 0.05) is 29.9 Å². The number of nitrogens with zero attached hydrogens (tertiary/aromatic N) is 2. The van der Waals surface area contributed by atoms with E-state index in [1.165, 1.54) is 0 Å². The van der Waals surface area contributed by atoms with Crippen molar-refractivity contribution in [1.82, 2.24) is 15.2 Å². The predicted octanol–water partition coefficient (Wildman–Crippen LogP) is 3.08. The lowest BCUT2D eigenvalue weighted by Crippen LogP contribution is -2.42. The highest BCUT2D eigenvalue weighted by atomic mass is 35.5. The standard InChI is InChI=1S/C14H21N3OS.2ClH/c1-9(2)13-16-12(8-19-13)14(18)17-10-3-4-11(17)7-15-6-5-10;;/h8-11,15H,3-7H2,1-2H3;2*1H. The highest BCUT2D eigenvalue weighted by Crippen LogP contribution is 2.30. The maximum atomic E-state index is 12.7. The molecule has 2 aliphatic heterocycles. The van der Waals surface area contributed by atoms with Gasteiger partial charge in [0.15, 0.2) is 0 Å². The van der Waals surface area contributed by atoms with Crippen LogP contribution in [-0.4, -0.2) is 41.0 Å². The van der Waals surface area contributed by atoms with Gasteiger partial charge in [0.1, 0.15) is 5.69 Å². The van der Waals surface area contributed by atoms with E-state index in [9.17, 15) is 4.79 Å². The van der Waals surface area contributed by atoms with Crippen LogP contribution in [0.2, 0.25) is 0 Å². The lowest BCUT2D eigenvalue weighted by atomic mass is 10.1. The first-order valence-electron chi connectivity index (χ1n) is 7.15. The summed E-state index contributed by atoms with van der Waals surface area (Å²) in [6.45, 7) is 6.20. The van der Waals surface area contributed by atoms with Crippen molar-refractivity contribution in [3.8, 4) is 0 Å². The highest BCUT2D eigenvalue weighted by Gasteiger charge is 2.39. The molecule has 0 radical (unpaired) electrons. The number of carbonyl (C=O) groups is 1. The van der Waals surface area contributed by atoms with Crippen LogP contribution in [0.4, 0.5) is 0 Å². The predicted molar refractivity (Wildman–Crippen MR) is 91.2 cm³/mol. The summed E-state index contributed by atoms with van der Waals surface area (Å²) in [4.78, 5) is 19.3. The number of nitrogens with one attached hydrogen (secondary N) is 1. The molecule has 4 nitrogen and oxygen atoms in total. The van der Waals surface area contributed by atoms with E-state index in [0.717, 1.165) is 37.4 Å². The Bertz CT molecular complexity index is 467. The minimum Gasteiger partial charge on any atom is -0.330 e. The molecule has 0 aromatic carbocycles. The second-order valence-electron chi connectivity index (χ2n) is 5.82. The fourth-order valence-corrected chi connectivity index (χ4v) is 3.91. The molecule has 2 aliphatic rings. The van der Waals surface area contributed by atoms with Gasteiger partial charge < -0.3 is 10.2 Å². The summed E-state index contributed by atoms with van der Waals surface area (Å²) in [5.41, 5.74) is 0.646. The summed E-state index contributed by atoms with van der Waals surface area (Å²) in [5, 5.41) is 6.41. The van der Waals surface area contributed by atoms with Crippen LogP contribution in [0.5, 0.6) is 0 Å². The Hall–Kier alpha value is -0.360. The van der Waals surface area contributed by atoms with Crippen LogP contribution in [0.1, 0.15) is 54.5 Å². The molecule has 1 aromatic heterocycles. The van der Waals surface area contributed by atoms with Gasteiger partial charge in [-0.2, -0.15) is 0 Å². The minimum absolute atomic E-state index is 0. The van der Waals surface area contributed by atoms with Gasteiger partial charge in [0.2, 0.25) is 0 Å². The second-order valence-corrected chi connectivity index (χ2v) is 6.71. The molecule has 120 valence electrons. The first-order valence-corrected chi connectivity index (χ1v) is 8.03. The van der Waals surface area contributed by atoms with Gasteiger partial charge in [-0.05, 0) is 25.8 Å². The molecule has 0 saturated carbocycles. The summed E-state index contributed by atoms with van der Waals surface area (Å²) >= 11 is 1.60. The number of aromatic nitrogens is 1. The first kappa shape index (κ1) is 18.7. The van der Waals surface area contributed by atoms with Gasteiger partial charge in [-0.3, -0.25) is 4.79 Å². The highest BCUT2D eigenvalue weighted by molar-refractivity contribution is 7.09. The zero-order valence-electron chi connectivity index (χ0n) is 12.4. The average molecular weight is 352 g/mol. The van der Waals surface area contributed by atoms with Gasteiger partial charge in [-0.25, -0.2) is 4.98 Å². The summed E-state index contributed by atoms with van der Waals surface area (Å²) < 4.78 is 0. The molecular weight excluding hydrogens is 329 g/mol. The zero-order valence-corrected chi connectivity index (χ0v) is 14.8. The third-order valence-corrected chi connectivity index (χ3v) is 5.27. The Labute approximate surface area is 142 Å². The lowest BCUT2D eigenvalue weighted by molar-refractivity contribution is 0.0675. The number of fused-ring (bicyclic) bond motifs is 2. The molecule has 3 rings (SSSR count). The zero-order chi connectivity index (χ0) is 13.4. The van der Waals surface area contributed by atoms with E-state index in [1.807, 2.05) is 5.38 Å². The molecule has 7 heteroatoms. The smallest absolute Gasteiger partial charge is 0.273 e. The molecule has 21 heavy (non-hydrogen) atoms. The SMILES string of the molecule is CC(C)c1nc(C(=O)N2C3CCNCC2CC3)cs1.Cl.Cl. The van der Waals surface area contributed by atoms with Crippen LogP contribution >= 0.6 is 36.2 Å². The van der Waals surface area contributed by atoms with E-state index < -0.39 is 0 Å². The van der Waals surface area contributed by atoms with Crippen LogP contribution in [0.25, 0.3) is 0 Å². The normalized spacial score (nSPS) is 24.2. The summed E-state index contributed by atoms with van der Waals surface area (Å²) in [6.07, 6.45) is 3.35. The van der Waals surface area contributed by atoms with E-state index in [-0.39, 0.29) is 30.7 Å². The summed E-state index contributed by atoms with van der Waals surface area (Å²) in [5.74, 6) is 0.536. The number of halogens is 2. The number of thiazole rings is 1. The maximum Gasteiger partial charge on any atom is 0.273 e. The van der Waals surface area contributed by atoms with Crippen molar-refractivity contribution < 1.29 is 4.79 Å². The van der Waals surface area contributed by atoms with E-state index >= 15 is 0 Å². The van der Waals surface area contributed by atoms with Crippen LogP contribution in [0.15, 0.2) is 5.38 Å². The van der Waals surface area contributed by atoms with Crippen molar-refractivity contribution in [2.75, 3.05) is 13.1 Å². The van der Waals surface area contributed by atoms with E-state index in [0.29, 0.717) is 23.7 Å². The van der Waals surface area contributed by atoms with Gasteiger partial charge in [-0.1, -0.05) is 13.8 Å². The number of carbonyl (C=O) groups excluding carboxylic acids is 1. The fraction of sp³-hybridized carbons (Fsp3) is 0.714. The quantitative estimate of drug-likeness (QED) is 0.890. The molecule has 2 bridgehead atoms. The average Bonchev–Trinajstić information content (AvgIpc) is 2.92. The number of hydrogen-bond acceptors (Lipinski definition) is 4. The second kappa shape index (κ2) is 7.77. The maximum absolute atomic E-state index is 12.7. The third kappa shape index (κ3) is 3.70. The Morgan fingerprint density at radius 1 is 1.33 bits per heavy atom. The van der Waals surface area contributed by atoms with Crippen LogP contribution in [0.3, 0.4) is 0 Å². The summed E-state index contributed by atoms with van der Waals surface area (Å²) in [7, 11) is 0. The van der Waals surface area contributed by atoms with E-state index in [1.54, 1.807) is 11.3 Å². The number of rotatable bonds is 2. The van der Waals surface area contributed by atoms with Gasteiger partial charge in [0.25, 0.3) is 5.91 Å². The molecule has 0 spiro atoms. The largest absolute Gasteiger partial charge is 0.330 e. The van der Waals surface area contributed by atoms with Crippen LogP contribution < -0.4 is 5.32 Å². The minimum atomic E-state index is 0. The number of hydrogen-bond donors (Lipinski definition) is 1. The van der Waals surface area contributed by atoms with Crippen LogP contribution in [0, 0.1) is 0 Å². The third-order valence-electron chi connectivity index (χ3n) is 4.12. The topological polar surface area (TPSA) is 45.2 Å². The van der Waals surface area contributed by atoms with Crippen molar-refractivity contribution >= 4 is 42.1 Å². The van der Waals surface area contributed by atoms with Crippen molar-refractivity contribution in [2.24, 2.45) is 0 Å². The van der Waals surface area contributed by atoms with Gasteiger partial charge in [0.05, 0.1) is 5.01 Å². The van der Waals surface area contributed by atoms with Crippen molar-refractivity contribution in [3.63, 3.8) is 0 Å². The molecule has 1 amide bonds. The molecule has 0 aliphatic carbocycles. The molecule has 1 N–H and O–H groups in total. The molecule has 2 unspecified atom stereocenters. The Kier molecular flexibility index (Phi) is 6.91. The Morgan fingerprint density at radius 3 is 2.71 bits per heavy atom. The molecule has 1 aromatic rings. The van der Waals surface area contributed by atoms with Crippen LogP contribution in [-0.2, 0) is 0 Å². The van der Waals surface area contributed by atoms with Crippen molar-refractivity contribution in [1.29, 1.82) is 0 Å². The molecule has 3 heterocycles.